The second-order valence-corrected chi connectivity index (χ2v) is 18.9. The summed E-state index contributed by atoms with van der Waals surface area (Å²) in [6.07, 6.45) is 3.05. The van der Waals surface area contributed by atoms with Crippen LogP contribution in [0.5, 0.6) is 0 Å². The zero-order valence-electron chi connectivity index (χ0n) is 15.8. The predicted molar refractivity (Wildman–Crippen MR) is 107 cm³/mol. The third kappa shape index (κ3) is 4.93. The van der Waals surface area contributed by atoms with Crippen LogP contribution in [0.2, 0.25) is 0 Å². The Balaban J connectivity index is 2.08. The van der Waals surface area contributed by atoms with Crippen molar-refractivity contribution in [3.63, 3.8) is 0 Å². The van der Waals surface area contributed by atoms with Crippen molar-refractivity contribution >= 4 is 102 Å². The van der Waals surface area contributed by atoms with Gasteiger partial charge in [0, 0.05) is 0 Å². The summed E-state index contributed by atoms with van der Waals surface area (Å²) in [5, 5.41) is 10.5. The molecule has 2 heterocycles. The van der Waals surface area contributed by atoms with Crippen molar-refractivity contribution in [2.75, 3.05) is 12.9 Å². The number of carbonyl (C=O) groups is 1. The van der Waals surface area contributed by atoms with Gasteiger partial charge in [-0.3, -0.25) is 0 Å². The van der Waals surface area contributed by atoms with Crippen molar-refractivity contribution < 1.29 is 65.6 Å². The molecule has 0 spiro atoms. The van der Waals surface area contributed by atoms with Crippen LogP contribution in [0.4, 0.5) is 0 Å². The number of carbonyl (C=O) groups excluding carboxylic acids is 1. The van der Waals surface area contributed by atoms with Crippen LogP contribution < -0.4 is 4.72 Å². The molecule has 0 aromatic heterocycles. The number of allylic oxidation sites excluding steroid dienone is 3. The summed E-state index contributed by atoms with van der Waals surface area (Å²) in [5.41, 5.74) is 0.542. The van der Waals surface area contributed by atoms with E-state index >= 15 is 0 Å². The molecule has 3 atom stereocenters. The van der Waals surface area contributed by atoms with Gasteiger partial charge in [-0.2, -0.15) is 0 Å². The molecule has 2 aliphatic heterocycles. The van der Waals surface area contributed by atoms with Gasteiger partial charge in [-0.1, -0.05) is 0 Å². The Morgan fingerprint density at radius 2 is 2.18 bits per heavy atom. The van der Waals surface area contributed by atoms with Gasteiger partial charge in [-0.15, -0.1) is 0 Å². The van der Waals surface area contributed by atoms with Crippen LogP contribution in [0.1, 0.15) is 6.92 Å². The molecule has 0 aromatic carbocycles. The Bertz CT molecular complexity index is 1050. The normalized spacial score (nSPS) is 30.0. The van der Waals surface area contributed by atoms with Gasteiger partial charge in [-0.25, -0.2) is 0 Å². The molecular weight excluding hydrogens is 711 g/mol. The maximum absolute atomic E-state index is 12.6. The van der Waals surface area contributed by atoms with Gasteiger partial charge in [-0.05, 0) is 0 Å². The van der Waals surface area contributed by atoms with Gasteiger partial charge in [0.25, 0.3) is 0 Å². The summed E-state index contributed by atoms with van der Waals surface area (Å²) in [5.74, 6) is -0.0683. The number of amides is 1. The van der Waals surface area contributed by atoms with E-state index in [1.807, 2.05) is 0 Å². The van der Waals surface area contributed by atoms with Gasteiger partial charge in [0.1, 0.15) is 0 Å². The SMILES string of the molecule is CCOP1(=S)N=C(C2=C(O)[CH]([RaH])[N]([Rb])C2=O)N=C2C=CC(NS(C)(=O)=O)=CC21. The van der Waals surface area contributed by atoms with Gasteiger partial charge < -0.3 is 0 Å². The number of fused-ring (bicyclic) bond motifs is 1. The fourth-order valence-electron chi connectivity index (χ4n) is 3.03. The summed E-state index contributed by atoms with van der Waals surface area (Å²) in [7, 11) is -3.45. The van der Waals surface area contributed by atoms with Crippen LogP contribution in [-0.2, 0) is 31.1 Å². The van der Waals surface area contributed by atoms with Crippen LogP contribution in [0.3, 0.4) is 0 Å². The fraction of sp³-hybridized carbons (Fsp3) is 0.357. The third-order valence-corrected chi connectivity index (χ3v) is 27.3. The molecule has 1 amide bonds. The Kier molecular flexibility index (Phi) is 7.87. The van der Waals surface area contributed by atoms with Crippen LogP contribution >= 0.6 is 6.42 Å². The molecule has 3 unspecified atom stereocenters. The first-order chi connectivity index (χ1) is 13.0. The molecule has 142 valence electrons. The zero-order valence-corrected chi connectivity index (χ0v) is 31.4. The number of aliphatic hydroxyl groups excluding tert-OH is 1. The van der Waals surface area contributed by atoms with Crippen molar-refractivity contribution in [3.8, 4) is 0 Å². The molecule has 0 fully saturated rings. The summed E-state index contributed by atoms with van der Waals surface area (Å²) in [6.45, 7) is 2.11. The molecule has 2 N–H and O–H groups in total. The van der Waals surface area contributed by atoms with E-state index in [0.717, 1.165) is 6.26 Å². The molecule has 14 heteroatoms. The molecule has 0 saturated heterocycles. The molecule has 0 saturated carbocycles. The number of nitrogens with zero attached hydrogens (tertiary/aromatic N) is 3. The monoisotopic (exact) mass is 726 g/mol. The van der Waals surface area contributed by atoms with Crippen molar-refractivity contribution in [1.29, 1.82) is 0 Å². The molecule has 28 heavy (non-hydrogen) atoms. The van der Waals surface area contributed by atoms with Crippen LogP contribution in [-0.4, -0.2) is 105 Å². The Hall–Kier alpha value is 1.46. The Morgan fingerprint density at radius 3 is 2.71 bits per heavy atom. The van der Waals surface area contributed by atoms with E-state index < -0.39 is 22.1 Å². The maximum atomic E-state index is 12.6. The first kappa shape index (κ1) is 24.1. The van der Waals surface area contributed by atoms with Crippen LogP contribution in [0.15, 0.2) is 45.0 Å². The van der Waals surface area contributed by atoms with Crippen molar-refractivity contribution in [1.82, 2.24) is 3.37 Å². The number of nitrogens with one attached hydrogen (secondary N) is 1. The molecule has 1 aliphatic carbocycles. The van der Waals surface area contributed by atoms with E-state index in [2.05, 4.69) is 14.5 Å². The fourth-order valence-corrected chi connectivity index (χ4v) is 9.90. The second kappa shape index (κ2) is 9.14. The average Bonchev–Trinajstić information content (AvgIpc) is 2.77. The number of rotatable bonds is 5. The number of sulfonamides is 1. The van der Waals surface area contributed by atoms with Gasteiger partial charge in [0.05, 0.1) is 0 Å². The number of amidine groups is 1. The second-order valence-electron chi connectivity index (χ2n) is 6.57. The number of aliphatic imine (C=N–C) groups is 1. The molecular formula is C14H16N4O5PRaRbS2. The predicted octanol–water partition coefficient (Wildman–Crippen LogP) is -0.0975. The van der Waals surface area contributed by atoms with E-state index in [4.69, 9.17) is 16.3 Å². The first-order valence-corrected chi connectivity index (χ1v) is 20.1. The summed E-state index contributed by atoms with van der Waals surface area (Å²) in [6, 6.07) is 0. The molecule has 0 bridgehead atoms. The molecule has 9 nitrogen and oxygen atoms in total. The molecule has 3 rings (SSSR count). The van der Waals surface area contributed by atoms with Gasteiger partial charge in [0.2, 0.25) is 0 Å². The van der Waals surface area contributed by atoms with Gasteiger partial charge in [0.15, 0.2) is 0 Å². The molecule has 0 aromatic rings. The third-order valence-electron chi connectivity index (χ3n) is 4.50. The standard InChI is InChI=1S/C14H15N4O5PS2.Ra.Rb.H/c1-3-23-24(25)11-6-8(18-26(2,21)22)4-5-9(11)16-13(17-24)12-10(19)7-15-14(12)20;;;/h4-7,11,18H,3H2,1-2H3,(H-,15,17,19,20,25);;;/q-1;;+1;. The quantitative estimate of drug-likeness (QED) is 0.383. The van der Waals surface area contributed by atoms with E-state index in [9.17, 15) is 18.3 Å². The Labute approximate surface area is 237 Å². The van der Waals surface area contributed by atoms with E-state index in [-0.39, 0.29) is 123 Å². The molecule has 0 radical (unpaired) electrons. The summed E-state index contributed by atoms with van der Waals surface area (Å²) in [4.78, 5) is 17.1. The first-order valence-electron chi connectivity index (χ1n) is 8.48. The minimum absolute atomic E-state index is 0.0452. The topological polar surface area (TPSA) is 121 Å². The zero-order chi connectivity index (χ0) is 20.9. The summed E-state index contributed by atoms with van der Waals surface area (Å²) < 4.78 is 37.4. The number of hydrogen-bond acceptors (Lipinski definition) is 7. The van der Waals surface area contributed by atoms with Gasteiger partial charge >= 0.3 is 242 Å². The number of aliphatic hydroxyl groups is 1. The minimum atomic E-state index is -3.45. The van der Waals surface area contributed by atoms with Crippen molar-refractivity contribution in [2.24, 2.45) is 9.76 Å². The average molecular weight is 727 g/mol. The van der Waals surface area contributed by atoms with Crippen molar-refractivity contribution in [2.45, 2.75) is 13.7 Å². The number of hydrogen-bond donors (Lipinski definition) is 2. The van der Waals surface area contributed by atoms with Crippen LogP contribution in [0.25, 0.3) is 0 Å². The Morgan fingerprint density at radius 1 is 1.50 bits per heavy atom. The van der Waals surface area contributed by atoms with Crippen molar-refractivity contribution in [3.05, 3.63) is 35.3 Å². The van der Waals surface area contributed by atoms with Crippen LogP contribution in [0, 0.1) is 42.8 Å². The van der Waals surface area contributed by atoms with E-state index in [1.165, 1.54) is 0 Å². The molecule has 3 aliphatic rings. The summed E-state index contributed by atoms with van der Waals surface area (Å²) >= 11 is 5.54. The van der Waals surface area contributed by atoms with E-state index in [0.29, 0.717) is 18.0 Å². The van der Waals surface area contributed by atoms with E-state index in [1.54, 1.807) is 23.8 Å².